The Labute approximate surface area is 172 Å². The molecule has 154 valence electrons. The Hall–Kier alpha value is -2.87. The van der Waals surface area contributed by atoms with Crippen LogP contribution in [-0.4, -0.2) is 30.5 Å². The molecule has 1 fully saturated rings. The van der Waals surface area contributed by atoms with Crippen LogP contribution in [0.25, 0.3) is 0 Å². The number of hydrogen-bond acceptors (Lipinski definition) is 5. The average molecular weight is 422 g/mol. The second-order valence-electron chi connectivity index (χ2n) is 6.69. The zero-order valence-corrected chi connectivity index (χ0v) is 16.6. The summed E-state index contributed by atoms with van der Waals surface area (Å²) in [6.45, 7) is 3.10. The minimum atomic E-state index is -0.547. The molecular weight excluding hydrogens is 401 g/mol. The molecule has 1 amide bonds. The van der Waals surface area contributed by atoms with Gasteiger partial charge < -0.3 is 15.0 Å². The molecule has 2 aromatic carbocycles. The number of rotatable bonds is 6. The van der Waals surface area contributed by atoms with Gasteiger partial charge in [0, 0.05) is 24.7 Å². The minimum Gasteiger partial charge on any atom is -0.487 e. The maximum absolute atomic E-state index is 13.3. The van der Waals surface area contributed by atoms with Gasteiger partial charge in [-0.05, 0) is 50.1 Å². The van der Waals surface area contributed by atoms with E-state index in [0.717, 1.165) is 0 Å². The highest BCUT2D eigenvalue weighted by molar-refractivity contribution is 6.31. The molecule has 0 radical (unpaired) electrons. The molecule has 7 nitrogen and oxygen atoms in total. The number of carbonyl (C=O) groups excluding carboxylic acids is 1. The van der Waals surface area contributed by atoms with Crippen molar-refractivity contribution in [3.63, 3.8) is 0 Å². The Kier molecular flexibility index (Phi) is 6.53. The molecule has 29 heavy (non-hydrogen) atoms. The summed E-state index contributed by atoms with van der Waals surface area (Å²) in [5.74, 6) is -0.731. The van der Waals surface area contributed by atoms with Crippen LogP contribution in [0.3, 0.4) is 0 Å². The van der Waals surface area contributed by atoms with E-state index in [0.29, 0.717) is 43.9 Å². The van der Waals surface area contributed by atoms with Gasteiger partial charge in [0.25, 0.3) is 0 Å². The van der Waals surface area contributed by atoms with Gasteiger partial charge in [0.2, 0.25) is 5.91 Å². The Morgan fingerprint density at radius 3 is 2.69 bits per heavy atom. The summed E-state index contributed by atoms with van der Waals surface area (Å²) in [5, 5.41) is 14.3. The number of halogens is 2. The summed E-state index contributed by atoms with van der Waals surface area (Å²) in [4.78, 5) is 25.6. The molecule has 3 rings (SSSR count). The van der Waals surface area contributed by atoms with Gasteiger partial charge in [0.1, 0.15) is 11.5 Å². The van der Waals surface area contributed by atoms with Crippen LogP contribution in [-0.2, 0) is 4.79 Å². The second kappa shape index (κ2) is 9.09. The number of ether oxygens (including phenoxy) is 1. The standard InChI is InChI=1S/C20H21ClFN3O4/c1-2-29-18-5-3-4-17(19(18)25(27)28)24-10-8-13(9-11-24)20(26)23-14-6-7-16(22)15(21)12-14/h3-7,12-13H,2,8-11H2,1H3,(H,23,26). The summed E-state index contributed by atoms with van der Waals surface area (Å²) in [6.07, 6.45) is 1.08. The first kappa shape index (κ1) is 20.9. The van der Waals surface area contributed by atoms with Gasteiger partial charge in [-0.15, -0.1) is 0 Å². The van der Waals surface area contributed by atoms with E-state index in [4.69, 9.17) is 16.3 Å². The third kappa shape index (κ3) is 4.76. The third-order valence-electron chi connectivity index (χ3n) is 4.85. The fraction of sp³-hybridized carbons (Fsp3) is 0.350. The van der Waals surface area contributed by atoms with Gasteiger partial charge in [0.05, 0.1) is 16.6 Å². The molecule has 0 atom stereocenters. The predicted octanol–water partition coefficient (Wildman–Crippen LogP) is 4.64. The molecule has 1 heterocycles. The molecule has 0 bridgehead atoms. The highest BCUT2D eigenvalue weighted by Gasteiger charge is 2.30. The number of benzene rings is 2. The van der Waals surface area contributed by atoms with E-state index in [1.165, 1.54) is 18.2 Å². The number of para-hydroxylation sites is 1. The number of amides is 1. The molecule has 1 saturated heterocycles. The van der Waals surface area contributed by atoms with Gasteiger partial charge in [-0.1, -0.05) is 17.7 Å². The lowest BCUT2D eigenvalue weighted by atomic mass is 9.95. The molecule has 0 aliphatic carbocycles. The molecular formula is C20H21ClFN3O4. The zero-order chi connectivity index (χ0) is 21.0. The molecule has 0 aromatic heterocycles. The maximum atomic E-state index is 13.3. The van der Waals surface area contributed by atoms with E-state index in [-0.39, 0.29) is 28.3 Å². The van der Waals surface area contributed by atoms with Gasteiger partial charge in [0.15, 0.2) is 5.75 Å². The number of piperidine rings is 1. The Balaban J connectivity index is 1.67. The fourth-order valence-corrected chi connectivity index (χ4v) is 3.60. The van der Waals surface area contributed by atoms with Crippen molar-refractivity contribution in [2.45, 2.75) is 19.8 Å². The fourth-order valence-electron chi connectivity index (χ4n) is 3.42. The zero-order valence-electron chi connectivity index (χ0n) is 15.9. The molecule has 0 spiro atoms. The van der Waals surface area contributed by atoms with Crippen molar-refractivity contribution < 1.29 is 18.8 Å². The number of nitro groups is 1. The van der Waals surface area contributed by atoms with Crippen LogP contribution in [0, 0.1) is 21.8 Å². The lowest BCUT2D eigenvalue weighted by molar-refractivity contribution is -0.385. The largest absolute Gasteiger partial charge is 0.487 e. The number of nitrogens with one attached hydrogen (secondary N) is 1. The van der Waals surface area contributed by atoms with Crippen molar-refractivity contribution in [3.05, 3.63) is 57.4 Å². The van der Waals surface area contributed by atoms with E-state index in [2.05, 4.69) is 5.32 Å². The quantitative estimate of drug-likeness (QED) is 0.542. The van der Waals surface area contributed by atoms with E-state index in [9.17, 15) is 19.3 Å². The van der Waals surface area contributed by atoms with E-state index in [1.54, 1.807) is 25.1 Å². The molecule has 2 aromatic rings. The summed E-state index contributed by atoms with van der Waals surface area (Å²) in [6, 6.07) is 9.03. The Bertz CT molecular complexity index is 917. The smallest absolute Gasteiger partial charge is 0.333 e. The van der Waals surface area contributed by atoms with E-state index >= 15 is 0 Å². The topological polar surface area (TPSA) is 84.7 Å². The number of nitro benzene ring substituents is 1. The van der Waals surface area contributed by atoms with Crippen LogP contribution in [0.15, 0.2) is 36.4 Å². The first-order valence-electron chi connectivity index (χ1n) is 9.31. The van der Waals surface area contributed by atoms with Gasteiger partial charge in [-0.2, -0.15) is 0 Å². The summed E-state index contributed by atoms with van der Waals surface area (Å²) in [7, 11) is 0. The lowest BCUT2D eigenvalue weighted by Gasteiger charge is -2.32. The number of carbonyl (C=O) groups is 1. The number of nitrogens with zero attached hydrogens (tertiary/aromatic N) is 2. The van der Waals surface area contributed by atoms with Crippen LogP contribution in [0.2, 0.25) is 5.02 Å². The molecule has 0 unspecified atom stereocenters. The number of hydrogen-bond donors (Lipinski definition) is 1. The van der Waals surface area contributed by atoms with Gasteiger partial charge in [-0.3, -0.25) is 14.9 Å². The third-order valence-corrected chi connectivity index (χ3v) is 5.14. The molecule has 0 saturated carbocycles. The molecule has 1 aliphatic rings. The average Bonchev–Trinajstić information content (AvgIpc) is 2.71. The van der Waals surface area contributed by atoms with Crippen molar-refractivity contribution in [2.24, 2.45) is 5.92 Å². The monoisotopic (exact) mass is 421 g/mol. The van der Waals surface area contributed by atoms with Crippen molar-refractivity contribution in [2.75, 3.05) is 29.9 Å². The van der Waals surface area contributed by atoms with E-state index in [1.807, 2.05) is 4.90 Å². The maximum Gasteiger partial charge on any atom is 0.333 e. The normalized spacial score (nSPS) is 14.5. The lowest BCUT2D eigenvalue weighted by Crippen LogP contribution is -2.38. The molecule has 9 heteroatoms. The van der Waals surface area contributed by atoms with Crippen molar-refractivity contribution >= 4 is 34.6 Å². The summed E-state index contributed by atoms with van der Waals surface area (Å²) in [5.41, 5.74) is 0.868. The van der Waals surface area contributed by atoms with Crippen molar-refractivity contribution in [1.29, 1.82) is 0 Å². The van der Waals surface area contributed by atoms with Crippen LogP contribution in [0.5, 0.6) is 5.75 Å². The van der Waals surface area contributed by atoms with Crippen molar-refractivity contribution in [1.82, 2.24) is 0 Å². The summed E-state index contributed by atoms with van der Waals surface area (Å²) < 4.78 is 18.7. The van der Waals surface area contributed by atoms with Crippen LogP contribution < -0.4 is 15.0 Å². The Morgan fingerprint density at radius 2 is 2.07 bits per heavy atom. The van der Waals surface area contributed by atoms with Crippen LogP contribution in [0.1, 0.15) is 19.8 Å². The molecule has 1 N–H and O–H groups in total. The van der Waals surface area contributed by atoms with Gasteiger partial charge >= 0.3 is 5.69 Å². The predicted molar refractivity (Wildman–Crippen MR) is 109 cm³/mol. The number of anilines is 2. The Morgan fingerprint density at radius 1 is 1.34 bits per heavy atom. The first-order chi connectivity index (χ1) is 13.9. The van der Waals surface area contributed by atoms with Crippen LogP contribution >= 0.6 is 11.6 Å². The summed E-state index contributed by atoms with van der Waals surface area (Å²) >= 11 is 5.75. The van der Waals surface area contributed by atoms with Crippen molar-refractivity contribution in [3.8, 4) is 5.75 Å². The minimum absolute atomic E-state index is 0.0564. The van der Waals surface area contributed by atoms with Gasteiger partial charge in [-0.25, -0.2) is 4.39 Å². The first-order valence-corrected chi connectivity index (χ1v) is 9.69. The SMILES string of the molecule is CCOc1cccc(N2CCC(C(=O)Nc3ccc(F)c(Cl)c3)CC2)c1[N+](=O)[O-]. The van der Waals surface area contributed by atoms with E-state index < -0.39 is 10.7 Å². The highest BCUT2D eigenvalue weighted by atomic mass is 35.5. The second-order valence-corrected chi connectivity index (χ2v) is 7.10. The highest BCUT2D eigenvalue weighted by Crippen LogP contribution is 2.38. The molecule has 1 aliphatic heterocycles. The van der Waals surface area contributed by atoms with Crippen LogP contribution in [0.4, 0.5) is 21.5 Å².